The number of hydrogen-bond acceptors (Lipinski definition) is 5. The van der Waals surface area contributed by atoms with Crippen LogP contribution in [0.2, 0.25) is 0 Å². The molecule has 36 heavy (non-hydrogen) atoms. The topological polar surface area (TPSA) is 86.0 Å². The summed E-state index contributed by atoms with van der Waals surface area (Å²) in [6, 6.07) is 4.65. The van der Waals surface area contributed by atoms with Crippen LogP contribution in [0.4, 0.5) is 18.3 Å². The Morgan fingerprint density at radius 3 is 2.44 bits per heavy atom. The number of benzene rings is 1. The van der Waals surface area contributed by atoms with E-state index in [1.54, 1.807) is 12.4 Å². The molecule has 1 aromatic carbocycles. The van der Waals surface area contributed by atoms with Crippen LogP contribution in [-0.2, 0) is 25.1 Å². The molecule has 2 heterocycles. The lowest BCUT2D eigenvalue weighted by atomic mass is 9.83. The Balaban J connectivity index is 1.65. The van der Waals surface area contributed by atoms with Crippen molar-refractivity contribution in [3.63, 3.8) is 0 Å². The standard InChI is InChI=1S/C25H25F3N4O3S/c1-5-14-10-13(2)21-20(22(34)32(4)24(35)31(21)3)17(14)11-19(33)30-23-29-18(12-36-23)15-6-8-16(9-7-15)25(26,27)28/h6-9,12,14H,5,10-11H2,1-4H3,(H,29,30,33). The van der Waals surface area contributed by atoms with Crippen molar-refractivity contribution in [1.29, 1.82) is 0 Å². The van der Waals surface area contributed by atoms with Gasteiger partial charge in [-0.25, -0.2) is 9.78 Å². The number of carbonyl (C=O) groups is 1. The molecule has 1 aliphatic carbocycles. The maximum atomic E-state index is 13.1. The number of amides is 1. The predicted molar refractivity (Wildman–Crippen MR) is 133 cm³/mol. The average molecular weight is 519 g/mol. The molecule has 0 radical (unpaired) electrons. The van der Waals surface area contributed by atoms with Crippen molar-refractivity contribution >= 4 is 33.5 Å². The first kappa shape index (κ1) is 25.6. The fourth-order valence-corrected chi connectivity index (χ4v) is 5.42. The minimum Gasteiger partial charge on any atom is -0.302 e. The molecule has 1 unspecified atom stereocenters. The Labute approximate surface area is 208 Å². The lowest BCUT2D eigenvalue weighted by Crippen LogP contribution is -2.60. The van der Waals surface area contributed by atoms with Gasteiger partial charge in [0, 0.05) is 31.5 Å². The van der Waals surface area contributed by atoms with E-state index in [1.165, 1.54) is 23.7 Å². The SMILES string of the molecule is CCC1CC(C)=c2c(c(=O)n(C)c(=O)n2C)=C1CC(=O)Nc1nc(-c2ccc(C(F)(F)F)cc2)cs1. The maximum Gasteiger partial charge on any atom is 0.416 e. The summed E-state index contributed by atoms with van der Waals surface area (Å²) < 4.78 is 41.0. The quantitative estimate of drug-likeness (QED) is 0.563. The third-order valence-corrected chi connectivity index (χ3v) is 7.30. The predicted octanol–water partition coefficient (Wildman–Crippen LogP) is 3.01. The number of hydrogen-bond donors (Lipinski definition) is 1. The molecule has 0 fully saturated rings. The van der Waals surface area contributed by atoms with Gasteiger partial charge in [0.15, 0.2) is 5.13 Å². The monoisotopic (exact) mass is 518 g/mol. The number of carbonyl (C=O) groups excluding carboxylic acids is 1. The van der Waals surface area contributed by atoms with Gasteiger partial charge in [-0.3, -0.25) is 18.7 Å². The Kier molecular flexibility index (Phi) is 6.78. The first-order chi connectivity index (χ1) is 16.9. The number of nitrogens with zero attached hydrogens (tertiary/aromatic N) is 3. The van der Waals surface area contributed by atoms with Gasteiger partial charge < -0.3 is 5.32 Å². The molecule has 0 aliphatic heterocycles. The summed E-state index contributed by atoms with van der Waals surface area (Å²) in [6.45, 7) is 3.89. The molecular formula is C25H25F3N4O3S. The zero-order valence-electron chi connectivity index (χ0n) is 20.2. The molecule has 2 aromatic heterocycles. The van der Waals surface area contributed by atoms with Crippen molar-refractivity contribution in [2.45, 2.75) is 39.3 Å². The number of halogens is 3. The van der Waals surface area contributed by atoms with E-state index in [2.05, 4.69) is 10.3 Å². The van der Waals surface area contributed by atoms with Gasteiger partial charge >= 0.3 is 11.9 Å². The van der Waals surface area contributed by atoms with Gasteiger partial charge in [-0.1, -0.05) is 19.1 Å². The molecule has 1 atom stereocenters. The molecular weight excluding hydrogens is 493 g/mol. The van der Waals surface area contributed by atoms with Crippen molar-refractivity contribution in [3.8, 4) is 11.3 Å². The van der Waals surface area contributed by atoms with E-state index in [0.717, 1.165) is 40.0 Å². The van der Waals surface area contributed by atoms with Crippen LogP contribution in [0, 0.1) is 5.92 Å². The molecule has 190 valence electrons. The molecule has 1 aliphatic rings. The zero-order valence-corrected chi connectivity index (χ0v) is 21.0. The zero-order chi connectivity index (χ0) is 26.4. The lowest BCUT2D eigenvalue weighted by molar-refractivity contribution is -0.137. The van der Waals surface area contributed by atoms with Crippen LogP contribution in [0.3, 0.4) is 0 Å². The minimum atomic E-state index is -4.42. The van der Waals surface area contributed by atoms with Crippen LogP contribution in [0.1, 0.15) is 38.7 Å². The summed E-state index contributed by atoms with van der Waals surface area (Å²) in [7, 11) is 3.04. The van der Waals surface area contributed by atoms with Crippen LogP contribution >= 0.6 is 11.3 Å². The van der Waals surface area contributed by atoms with E-state index < -0.39 is 23.0 Å². The van der Waals surface area contributed by atoms with E-state index in [0.29, 0.717) is 39.0 Å². The highest BCUT2D eigenvalue weighted by Crippen LogP contribution is 2.32. The molecule has 4 rings (SSSR count). The number of anilines is 1. The summed E-state index contributed by atoms with van der Waals surface area (Å²) in [5.41, 5.74) is 0.965. The Hall–Kier alpha value is -3.47. The molecule has 0 saturated heterocycles. The van der Waals surface area contributed by atoms with Gasteiger partial charge in [-0.2, -0.15) is 13.2 Å². The Morgan fingerprint density at radius 1 is 1.17 bits per heavy atom. The van der Waals surface area contributed by atoms with Crippen LogP contribution in [0.5, 0.6) is 0 Å². The van der Waals surface area contributed by atoms with Gasteiger partial charge in [-0.15, -0.1) is 11.3 Å². The minimum absolute atomic E-state index is 0.0209. The molecule has 3 aromatic rings. The number of nitrogens with one attached hydrogen (secondary N) is 1. The molecule has 1 N–H and O–H groups in total. The van der Waals surface area contributed by atoms with Gasteiger partial charge in [-0.05, 0) is 49.0 Å². The van der Waals surface area contributed by atoms with E-state index in [9.17, 15) is 27.6 Å². The number of rotatable bonds is 5. The molecule has 0 saturated carbocycles. The summed E-state index contributed by atoms with van der Waals surface area (Å²) in [5.74, 6) is -0.384. The first-order valence-corrected chi connectivity index (χ1v) is 12.2. The average Bonchev–Trinajstić information content (AvgIpc) is 3.29. The largest absolute Gasteiger partial charge is 0.416 e. The third kappa shape index (κ3) is 4.67. The van der Waals surface area contributed by atoms with Crippen LogP contribution < -0.4 is 27.1 Å². The Bertz CT molecular complexity index is 1580. The van der Waals surface area contributed by atoms with Gasteiger partial charge in [0.25, 0.3) is 5.56 Å². The summed E-state index contributed by atoms with van der Waals surface area (Å²) in [4.78, 5) is 42.9. The second-order valence-electron chi connectivity index (χ2n) is 8.88. The summed E-state index contributed by atoms with van der Waals surface area (Å²) in [5, 5.41) is 5.66. The number of thiazole rings is 1. The van der Waals surface area contributed by atoms with Gasteiger partial charge in [0.2, 0.25) is 5.91 Å². The number of alkyl halides is 3. The fourth-order valence-electron chi connectivity index (χ4n) is 4.68. The maximum absolute atomic E-state index is 13.1. The van der Waals surface area contributed by atoms with Crippen molar-refractivity contribution < 1.29 is 18.0 Å². The van der Waals surface area contributed by atoms with Crippen molar-refractivity contribution in [2.75, 3.05) is 5.32 Å². The Morgan fingerprint density at radius 2 is 1.83 bits per heavy atom. The summed E-state index contributed by atoms with van der Waals surface area (Å²) >= 11 is 1.16. The molecule has 0 bridgehead atoms. The highest BCUT2D eigenvalue weighted by Gasteiger charge is 2.30. The third-order valence-electron chi connectivity index (χ3n) is 6.54. The van der Waals surface area contributed by atoms with Crippen LogP contribution in [0.25, 0.3) is 22.4 Å². The van der Waals surface area contributed by atoms with E-state index >= 15 is 0 Å². The second-order valence-corrected chi connectivity index (χ2v) is 9.74. The first-order valence-electron chi connectivity index (χ1n) is 11.3. The van der Waals surface area contributed by atoms with Crippen molar-refractivity contribution in [1.82, 2.24) is 14.1 Å². The highest BCUT2D eigenvalue weighted by molar-refractivity contribution is 7.14. The van der Waals surface area contributed by atoms with Crippen LogP contribution in [-0.4, -0.2) is 20.0 Å². The van der Waals surface area contributed by atoms with E-state index in [-0.39, 0.29) is 18.2 Å². The summed E-state index contributed by atoms with van der Waals surface area (Å²) in [6.07, 6.45) is -3.10. The van der Waals surface area contributed by atoms with Crippen LogP contribution in [0.15, 0.2) is 39.2 Å². The lowest BCUT2D eigenvalue weighted by Gasteiger charge is -2.24. The van der Waals surface area contributed by atoms with Gasteiger partial charge in [0.1, 0.15) is 0 Å². The molecule has 7 nitrogen and oxygen atoms in total. The van der Waals surface area contributed by atoms with Crippen molar-refractivity contribution in [2.24, 2.45) is 20.0 Å². The molecule has 11 heteroatoms. The number of aromatic nitrogens is 3. The van der Waals surface area contributed by atoms with E-state index in [1.807, 2.05) is 13.8 Å². The molecule has 1 amide bonds. The fraction of sp³-hybridized carbons (Fsp3) is 0.360. The molecule has 0 spiro atoms. The normalized spacial score (nSPS) is 15.7. The smallest absolute Gasteiger partial charge is 0.302 e. The second kappa shape index (κ2) is 9.53. The highest BCUT2D eigenvalue weighted by atomic mass is 32.1. The number of fused-ring (bicyclic) bond motifs is 1. The van der Waals surface area contributed by atoms with E-state index in [4.69, 9.17) is 0 Å². The van der Waals surface area contributed by atoms with Gasteiger partial charge in [0.05, 0.1) is 21.8 Å². The van der Waals surface area contributed by atoms with Crippen molar-refractivity contribution in [3.05, 3.63) is 66.6 Å².